The first-order chi connectivity index (χ1) is 16.3. The van der Waals surface area contributed by atoms with E-state index in [1.165, 1.54) is 18.7 Å². The van der Waals surface area contributed by atoms with Crippen molar-refractivity contribution in [3.8, 4) is 0 Å². The predicted octanol–water partition coefficient (Wildman–Crippen LogP) is 4.95. The Morgan fingerprint density at radius 1 is 1.06 bits per heavy atom. The summed E-state index contributed by atoms with van der Waals surface area (Å²) in [7, 11) is 0. The predicted molar refractivity (Wildman–Crippen MR) is 130 cm³/mol. The van der Waals surface area contributed by atoms with Gasteiger partial charge in [-0.2, -0.15) is 0 Å². The van der Waals surface area contributed by atoms with E-state index in [0.29, 0.717) is 25.0 Å². The molecule has 0 N–H and O–H groups in total. The van der Waals surface area contributed by atoms with Gasteiger partial charge >= 0.3 is 11.9 Å². The van der Waals surface area contributed by atoms with Gasteiger partial charge in [0.25, 0.3) is 0 Å². The summed E-state index contributed by atoms with van der Waals surface area (Å²) in [5.41, 5.74) is -0.483. The third kappa shape index (κ3) is 5.17. The zero-order chi connectivity index (χ0) is 24.3. The van der Waals surface area contributed by atoms with Crippen LogP contribution in [0.5, 0.6) is 0 Å². The van der Waals surface area contributed by atoms with Crippen LogP contribution in [0.4, 0.5) is 0 Å². The Kier molecular flexibility index (Phi) is 8.26. The van der Waals surface area contributed by atoms with Gasteiger partial charge in [0, 0.05) is 35.8 Å². The minimum atomic E-state index is -0.483. The average Bonchev–Trinajstić information content (AvgIpc) is 3.34. The van der Waals surface area contributed by atoms with Gasteiger partial charge < -0.3 is 18.9 Å². The van der Waals surface area contributed by atoms with Crippen LogP contribution in [0, 0.1) is 35.0 Å². The zero-order valence-corrected chi connectivity index (χ0v) is 21.6. The molecule has 7 unspecified atom stereocenters. The zero-order valence-electron chi connectivity index (χ0n) is 20.7. The molecule has 4 rings (SSSR count). The lowest BCUT2D eigenvalue weighted by molar-refractivity contribution is -0.235. The maximum atomic E-state index is 12.3. The lowest BCUT2D eigenvalue weighted by atomic mass is 9.46. The number of ether oxygens (including phenoxy) is 4. The van der Waals surface area contributed by atoms with Crippen LogP contribution in [0.15, 0.2) is 35.2 Å². The fourth-order valence-corrected chi connectivity index (χ4v) is 7.99. The normalized spacial score (nSPS) is 36.0. The number of carbonyl (C=O) groups is 2. The number of rotatable bonds is 7. The van der Waals surface area contributed by atoms with Gasteiger partial charge in [-0.15, -0.1) is 11.8 Å². The largest absolute Gasteiger partial charge is 0.465 e. The fraction of sp³-hybridized carbons (Fsp3) is 0.704. The number of fused-ring (bicyclic) bond motifs is 1. The topological polar surface area (TPSA) is 71.1 Å². The number of benzene rings is 1. The summed E-state index contributed by atoms with van der Waals surface area (Å²) in [5, 5.41) is 0. The Bertz CT molecular complexity index is 841. The molecule has 34 heavy (non-hydrogen) atoms. The van der Waals surface area contributed by atoms with Crippen LogP contribution in [0.1, 0.15) is 47.0 Å². The first-order valence-corrected chi connectivity index (χ1v) is 13.5. The third-order valence-electron chi connectivity index (χ3n) is 8.36. The van der Waals surface area contributed by atoms with Crippen LogP contribution in [-0.4, -0.2) is 49.9 Å². The summed E-state index contributed by atoms with van der Waals surface area (Å²) in [4.78, 5) is 25.6. The van der Waals surface area contributed by atoms with Crippen LogP contribution in [0.25, 0.3) is 0 Å². The lowest BCUT2D eigenvalue weighted by Gasteiger charge is -2.61. The SMILES string of the molecule is CC(=O)OCC12C(CSc3ccccc3)CCC(C3OCCO3)C1C(C)C(C)CC2OC(C)=O. The van der Waals surface area contributed by atoms with Gasteiger partial charge in [-0.05, 0) is 55.1 Å². The van der Waals surface area contributed by atoms with Gasteiger partial charge in [-0.1, -0.05) is 32.0 Å². The molecular formula is C27H38O6S. The third-order valence-corrected chi connectivity index (χ3v) is 9.54. The molecule has 1 heterocycles. The summed E-state index contributed by atoms with van der Waals surface area (Å²) in [6, 6.07) is 10.4. The van der Waals surface area contributed by atoms with Crippen LogP contribution in [0.3, 0.4) is 0 Å². The molecule has 6 nitrogen and oxygen atoms in total. The highest BCUT2D eigenvalue weighted by molar-refractivity contribution is 7.99. The van der Waals surface area contributed by atoms with Crippen LogP contribution in [-0.2, 0) is 28.5 Å². The Balaban J connectivity index is 1.75. The molecule has 1 aliphatic heterocycles. The van der Waals surface area contributed by atoms with Crippen molar-refractivity contribution in [3.05, 3.63) is 30.3 Å². The second kappa shape index (κ2) is 11.0. The summed E-state index contributed by atoms with van der Waals surface area (Å²) >= 11 is 1.83. The van der Waals surface area contributed by atoms with E-state index < -0.39 is 5.41 Å². The molecule has 188 valence electrons. The molecular weight excluding hydrogens is 452 g/mol. The van der Waals surface area contributed by atoms with Crippen molar-refractivity contribution in [2.24, 2.45) is 35.0 Å². The van der Waals surface area contributed by atoms with E-state index in [9.17, 15) is 9.59 Å². The molecule has 0 spiro atoms. The molecule has 0 bridgehead atoms. The van der Waals surface area contributed by atoms with E-state index in [0.717, 1.165) is 25.0 Å². The number of esters is 2. The maximum absolute atomic E-state index is 12.3. The summed E-state index contributed by atoms with van der Waals surface area (Å²) in [6.07, 6.45) is 2.14. The van der Waals surface area contributed by atoms with Crippen LogP contribution >= 0.6 is 11.8 Å². The summed E-state index contributed by atoms with van der Waals surface area (Å²) in [5.74, 6) is 1.56. The molecule has 7 heteroatoms. The molecule has 2 aliphatic carbocycles. The minimum absolute atomic E-state index is 0.151. The quantitative estimate of drug-likeness (QED) is 0.395. The number of carbonyl (C=O) groups excluding carboxylic acids is 2. The molecule has 7 atom stereocenters. The molecule has 2 saturated carbocycles. The second-order valence-electron chi connectivity index (χ2n) is 10.3. The van der Waals surface area contributed by atoms with Gasteiger partial charge in [-0.25, -0.2) is 0 Å². The van der Waals surface area contributed by atoms with Crippen LogP contribution in [0.2, 0.25) is 0 Å². The smallest absolute Gasteiger partial charge is 0.302 e. The highest BCUT2D eigenvalue weighted by Gasteiger charge is 2.63. The summed E-state index contributed by atoms with van der Waals surface area (Å²) < 4.78 is 24.0. The molecule has 0 radical (unpaired) electrons. The van der Waals surface area contributed by atoms with Crippen molar-refractivity contribution in [3.63, 3.8) is 0 Å². The van der Waals surface area contributed by atoms with E-state index in [1.54, 1.807) is 0 Å². The second-order valence-corrected chi connectivity index (χ2v) is 11.4. The first kappa shape index (κ1) is 25.5. The van der Waals surface area contributed by atoms with Crippen molar-refractivity contribution in [2.75, 3.05) is 25.6 Å². The fourth-order valence-electron chi connectivity index (χ4n) is 6.77. The molecule has 3 aliphatic rings. The first-order valence-electron chi connectivity index (χ1n) is 12.5. The number of thioether (sulfide) groups is 1. The van der Waals surface area contributed by atoms with Gasteiger partial charge in [0.2, 0.25) is 0 Å². The van der Waals surface area contributed by atoms with Gasteiger partial charge in [-0.3, -0.25) is 9.59 Å². The highest BCUT2D eigenvalue weighted by atomic mass is 32.2. The number of hydrogen-bond acceptors (Lipinski definition) is 7. The van der Waals surface area contributed by atoms with Gasteiger partial charge in [0.05, 0.1) is 13.2 Å². The van der Waals surface area contributed by atoms with Crippen molar-refractivity contribution < 1.29 is 28.5 Å². The van der Waals surface area contributed by atoms with E-state index >= 15 is 0 Å². The van der Waals surface area contributed by atoms with E-state index in [2.05, 4.69) is 38.1 Å². The Labute approximate surface area is 207 Å². The molecule has 1 aromatic rings. The molecule has 1 aromatic carbocycles. The summed E-state index contributed by atoms with van der Waals surface area (Å²) in [6.45, 7) is 8.95. The molecule has 0 amide bonds. The Morgan fingerprint density at radius 3 is 2.41 bits per heavy atom. The van der Waals surface area contributed by atoms with Gasteiger partial charge in [0.1, 0.15) is 12.7 Å². The van der Waals surface area contributed by atoms with E-state index in [4.69, 9.17) is 18.9 Å². The van der Waals surface area contributed by atoms with Crippen molar-refractivity contribution in [2.45, 2.75) is 64.2 Å². The van der Waals surface area contributed by atoms with E-state index in [-0.39, 0.29) is 48.7 Å². The Morgan fingerprint density at radius 2 is 1.76 bits per heavy atom. The molecule has 3 fully saturated rings. The number of hydrogen-bond donors (Lipinski definition) is 0. The van der Waals surface area contributed by atoms with Gasteiger partial charge in [0.15, 0.2) is 6.29 Å². The van der Waals surface area contributed by atoms with Crippen molar-refractivity contribution in [1.29, 1.82) is 0 Å². The standard InChI is InChI=1S/C27H38O6S/c1-17-14-24(33-20(4)29)27(16-32-19(3)28)21(15-34-22-8-6-5-7-9-22)10-11-23(25(27)18(17)2)26-30-12-13-31-26/h5-9,17-18,21,23-26H,10-16H2,1-4H3. The maximum Gasteiger partial charge on any atom is 0.302 e. The highest BCUT2D eigenvalue weighted by Crippen LogP contribution is 2.61. The van der Waals surface area contributed by atoms with Crippen molar-refractivity contribution in [1.82, 2.24) is 0 Å². The van der Waals surface area contributed by atoms with Crippen LogP contribution < -0.4 is 0 Å². The molecule has 1 saturated heterocycles. The minimum Gasteiger partial charge on any atom is -0.465 e. The monoisotopic (exact) mass is 490 g/mol. The van der Waals surface area contributed by atoms with Crippen molar-refractivity contribution >= 4 is 23.7 Å². The lowest BCUT2D eigenvalue weighted by Crippen LogP contribution is -2.64. The Hall–Kier alpha value is -1.57. The van der Waals surface area contributed by atoms with E-state index in [1.807, 2.05) is 17.8 Å². The molecule has 0 aromatic heterocycles. The average molecular weight is 491 g/mol.